The number of methoxy groups -OCH3 is 2. The summed E-state index contributed by atoms with van der Waals surface area (Å²) >= 11 is 0. The van der Waals surface area contributed by atoms with Gasteiger partial charge in [-0.15, -0.1) is 0 Å². The van der Waals surface area contributed by atoms with Crippen molar-refractivity contribution in [2.24, 2.45) is 0 Å². The lowest BCUT2D eigenvalue weighted by Crippen LogP contribution is -2.35. The maximum Gasteiger partial charge on any atom is 0.263 e. The van der Waals surface area contributed by atoms with E-state index in [4.69, 9.17) is 18.9 Å². The number of carbonyl (C=O) groups is 1. The first kappa shape index (κ1) is 28.6. The molecule has 1 heterocycles. The van der Waals surface area contributed by atoms with Crippen molar-refractivity contribution in [3.05, 3.63) is 88.2 Å². The van der Waals surface area contributed by atoms with Crippen LogP contribution in [0.1, 0.15) is 30.6 Å². The number of carbonyl (C=O) groups excluding carboxylic acids is 1. The third-order valence-corrected chi connectivity index (χ3v) is 6.12. The van der Waals surface area contributed by atoms with Crippen LogP contribution in [0.4, 0.5) is 14.5 Å². The summed E-state index contributed by atoms with van der Waals surface area (Å²) in [6.45, 7) is 4.18. The van der Waals surface area contributed by atoms with E-state index in [2.05, 4.69) is 0 Å². The molecule has 0 bridgehead atoms. The summed E-state index contributed by atoms with van der Waals surface area (Å²) in [5.41, 5.74) is 0.257. The Balaban J connectivity index is 1.96. The largest absolute Gasteiger partial charge is 0.497 e. The summed E-state index contributed by atoms with van der Waals surface area (Å²) in [5, 5.41) is 0.232. The van der Waals surface area contributed by atoms with Crippen LogP contribution >= 0.6 is 0 Å². The Morgan fingerprint density at radius 3 is 2.27 bits per heavy atom. The first-order valence-electron chi connectivity index (χ1n) is 12.7. The highest BCUT2D eigenvalue weighted by Crippen LogP contribution is 2.30. The van der Waals surface area contributed by atoms with Gasteiger partial charge in [0, 0.05) is 61.3 Å². The van der Waals surface area contributed by atoms with Crippen LogP contribution in [0.15, 0.2) is 65.6 Å². The van der Waals surface area contributed by atoms with Gasteiger partial charge in [0.2, 0.25) is 5.43 Å². The maximum atomic E-state index is 14.0. The lowest BCUT2D eigenvalue weighted by Gasteiger charge is -2.22. The van der Waals surface area contributed by atoms with Gasteiger partial charge in [-0.05, 0) is 37.6 Å². The van der Waals surface area contributed by atoms with Crippen molar-refractivity contribution in [3.63, 3.8) is 0 Å². The van der Waals surface area contributed by atoms with Crippen molar-refractivity contribution in [1.29, 1.82) is 0 Å². The minimum absolute atomic E-state index is 0.00371. The minimum Gasteiger partial charge on any atom is -0.497 e. The molecule has 0 spiro atoms. The van der Waals surface area contributed by atoms with Gasteiger partial charge in [0.1, 0.15) is 34.4 Å². The molecule has 0 unspecified atom stereocenters. The highest BCUT2D eigenvalue weighted by Gasteiger charge is 2.23. The number of amides is 1. The van der Waals surface area contributed by atoms with Crippen LogP contribution in [-0.4, -0.2) is 44.6 Å². The molecule has 10 heteroatoms. The standard InChI is InChI=1S/C30H30F2N2O6/c1-5-9-39-25-14-22(13-24(15-25)38-4)34-17-27(29(35)26-8-7-23(16-28(26)34)40-18-37-3)30(36)33(6-2)21-11-19(31)10-20(32)12-21/h7-8,10-17H,5-6,9,18H2,1-4H3. The predicted molar refractivity (Wildman–Crippen MR) is 148 cm³/mol. The van der Waals surface area contributed by atoms with Crippen LogP contribution in [0.2, 0.25) is 0 Å². The molecule has 4 rings (SSSR count). The molecule has 1 aromatic heterocycles. The van der Waals surface area contributed by atoms with E-state index in [1.165, 1.54) is 20.4 Å². The average Bonchev–Trinajstić information content (AvgIpc) is 2.94. The van der Waals surface area contributed by atoms with E-state index in [9.17, 15) is 18.4 Å². The molecule has 1 amide bonds. The number of halogens is 2. The van der Waals surface area contributed by atoms with E-state index in [1.807, 2.05) is 6.92 Å². The van der Waals surface area contributed by atoms with E-state index < -0.39 is 23.0 Å². The zero-order valence-corrected chi connectivity index (χ0v) is 22.7. The summed E-state index contributed by atoms with van der Waals surface area (Å²) in [4.78, 5) is 28.6. The molecule has 0 saturated carbocycles. The van der Waals surface area contributed by atoms with Crippen molar-refractivity contribution in [2.75, 3.05) is 39.1 Å². The number of aromatic nitrogens is 1. The van der Waals surface area contributed by atoms with Crippen LogP contribution in [0.3, 0.4) is 0 Å². The first-order valence-corrected chi connectivity index (χ1v) is 12.7. The number of benzene rings is 3. The Labute approximate surface area is 230 Å². The number of ether oxygens (including phenoxy) is 4. The van der Waals surface area contributed by atoms with E-state index in [1.54, 1.807) is 47.9 Å². The number of nitrogens with zero attached hydrogens (tertiary/aromatic N) is 2. The minimum atomic E-state index is -0.836. The second kappa shape index (κ2) is 12.6. The van der Waals surface area contributed by atoms with Gasteiger partial charge in [0.25, 0.3) is 5.91 Å². The number of fused-ring (bicyclic) bond motifs is 1. The quantitative estimate of drug-likeness (QED) is 0.222. The van der Waals surface area contributed by atoms with Crippen molar-refractivity contribution >= 4 is 22.5 Å². The topological polar surface area (TPSA) is 79.2 Å². The molecule has 0 aliphatic rings. The van der Waals surface area contributed by atoms with Crippen LogP contribution in [0, 0.1) is 11.6 Å². The van der Waals surface area contributed by atoms with Crippen molar-refractivity contribution < 1.29 is 32.5 Å². The predicted octanol–water partition coefficient (Wildman–Crippen LogP) is 5.72. The van der Waals surface area contributed by atoms with E-state index in [0.29, 0.717) is 35.1 Å². The Kier molecular flexibility index (Phi) is 9.00. The lowest BCUT2D eigenvalue weighted by atomic mass is 10.1. The third-order valence-electron chi connectivity index (χ3n) is 6.12. The van der Waals surface area contributed by atoms with Gasteiger partial charge >= 0.3 is 0 Å². The number of hydrogen-bond donors (Lipinski definition) is 0. The Morgan fingerprint density at radius 2 is 1.62 bits per heavy atom. The van der Waals surface area contributed by atoms with Crippen molar-refractivity contribution in [1.82, 2.24) is 4.57 Å². The summed E-state index contributed by atoms with van der Waals surface area (Å²) in [6, 6.07) is 12.9. The van der Waals surface area contributed by atoms with Gasteiger partial charge in [0.05, 0.1) is 24.9 Å². The zero-order valence-electron chi connectivity index (χ0n) is 22.7. The van der Waals surface area contributed by atoms with Gasteiger partial charge in [-0.25, -0.2) is 8.78 Å². The second-order valence-electron chi connectivity index (χ2n) is 8.86. The smallest absolute Gasteiger partial charge is 0.263 e. The molecule has 0 aliphatic carbocycles. The molecule has 0 atom stereocenters. The molecule has 8 nitrogen and oxygen atoms in total. The van der Waals surface area contributed by atoms with Crippen LogP contribution in [0.5, 0.6) is 17.2 Å². The molecule has 3 aromatic carbocycles. The molecular weight excluding hydrogens is 522 g/mol. The van der Waals surface area contributed by atoms with Crippen molar-refractivity contribution in [3.8, 4) is 22.9 Å². The normalized spacial score (nSPS) is 10.9. The summed E-state index contributed by atoms with van der Waals surface area (Å²) < 4.78 is 51.6. The highest BCUT2D eigenvalue weighted by molar-refractivity contribution is 6.07. The van der Waals surface area contributed by atoms with Crippen LogP contribution < -0.4 is 24.5 Å². The van der Waals surface area contributed by atoms with E-state index in [0.717, 1.165) is 29.5 Å². The van der Waals surface area contributed by atoms with Gasteiger partial charge in [-0.2, -0.15) is 0 Å². The summed E-state index contributed by atoms with van der Waals surface area (Å²) in [7, 11) is 3.02. The number of rotatable bonds is 11. The molecule has 0 radical (unpaired) electrons. The van der Waals surface area contributed by atoms with E-state index in [-0.39, 0.29) is 30.0 Å². The van der Waals surface area contributed by atoms with Gasteiger partial charge in [0.15, 0.2) is 6.79 Å². The fraction of sp³-hybridized carbons (Fsp3) is 0.267. The Bertz CT molecular complexity index is 1570. The van der Waals surface area contributed by atoms with Gasteiger partial charge in [-0.3, -0.25) is 9.59 Å². The fourth-order valence-electron chi connectivity index (χ4n) is 4.29. The molecule has 210 valence electrons. The van der Waals surface area contributed by atoms with E-state index >= 15 is 0 Å². The SMILES string of the molecule is CCCOc1cc(OC)cc(-n2cc(C(=O)N(CC)c3cc(F)cc(F)c3)c(=O)c3ccc(OCOC)cc32)c1. The molecule has 0 aliphatic heterocycles. The molecule has 4 aromatic rings. The van der Waals surface area contributed by atoms with Crippen molar-refractivity contribution in [2.45, 2.75) is 20.3 Å². The van der Waals surface area contributed by atoms with Gasteiger partial charge < -0.3 is 28.4 Å². The lowest BCUT2D eigenvalue weighted by molar-refractivity contribution is 0.0512. The second-order valence-corrected chi connectivity index (χ2v) is 8.86. The third kappa shape index (κ3) is 6.07. The number of anilines is 1. The molecule has 0 N–H and O–H groups in total. The average molecular weight is 553 g/mol. The molecule has 0 saturated heterocycles. The molecular formula is C30H30F2N2O6. The maximum absolute atomic E-state index is 14.0. The highest BCUT2D eigenvalue weighted by atomic mass is 19.1. The van der Waals surface area contributed by atoms with Crippen LogP contribution in [-0.2, 0) is 4.74 Å². The summed E-state index contributed by atoms with van der Waals surface area (Å²) in [6.07, 6.45) is 2.20. The van der Waals surface area contributed by atoms with Crippen LogP contribution in [0.25, 0.3) is 16.6 Å². The first-order chi connectivity index (χ1) is 19.3. The number of hydrogen-bond acceptors (Lipinski definition) is 6. The Morgan fingerprint density at radius 1 is 0.900 bits per heavy atom. The van der Waals surface area contributed by atoms with Gasteiger partial charge in [-0.1, -0.05) is 6.92 Å². The Hall–Kier alpha value is -4.44. The fourth-order valence-corrected chi connectivity index (χ4v) is 4.29. The number of pyridine rings is 1. The molecule has 0 fully saturated rings. The summed E-state index contributed by atoms with van der Waals surface area (Å²) in [5.74, 6) is -0.905. The monoisotopic (exact) mass is 552 g/mol. The molecule has 40 heavy (non-hydrogen) atoms. The zero-order chi connectivity index (χ0) is 28.8.